The molecule has 158 valence electrons. The van der Waals surface area contributed by atoms with Crippen molar-refractivity contribution in [3.8, 4) is 0 Å². The summed E-state index contributed by atoms with van der Waals surface area (Å²) in [4.78, 5) is 24.6. The minimum Gasteiger partial charge on any atom is -0.461 e. The lowest BCUT2D eigenvalue weighted by atomic mass is 10.0. The zero-order valence-corrected chi connectivity index (χ0v) is 17.6. The first-order chi connectivity index (χ1) is 15.1. The molecule has 0 spiro atoms. The number of ketones is 2. The number of rotatable bonds is 10. The van der Waals surface area contributed by atoms with E-state index < -0.39 is 0 Å². The van der Waals surface area contributed by atoms with Gasteiger partial charge in [0.2, 0.25) is 5.78 Å². The molecule has 1 aliphatic carbocycles. The molecule has 1 aliphatic rings. The first kappa shape index (κ1) is 20.7. The van der Waals surface area contributed by atoms with Gasteiger partial charge < -0.3 is 8.98 Å². The van der Waals surface area contributed by atoms with Gasteiger partial charge in [0.1, 0.15) is 11.6 Å². The molecule has 31 heavy (non-hydrogen) atoms. The van der Waals surface area contributed by atoms with Crippen LogP contribution in [-0.2, 0) is 30.6 Å². The van der Waals surface area contributed by atoms with Crippen LogP contribution in [0.4, 0.5) is 0 Å². The molecule has 0 bridgehead atoms. The minimum absolute atomic E-state index is 0.0580. The van der Waals surface area contributed by atoms with E-state index in [2.05, 4.69) is 33.8 Å². The van der Waals surface area contributed by atoms with Gasteiger partial charge in [-0.05, 0) is 36.6 Å². The van der Waals surface area contributed by atoms with Crippen LogP contribution >= 0.6 is 0 Å². The van der Waals surface area contributed by atoms with Crippen LogP contribution in [0.2, 0.25) is 0 Å². The molecular weight excluding hydrogens is 390 g/mol. The zero-order chi connectivity index (χ0) is 21.6. The molecular formula is C25H25N3O3. The SMILES string of the molecule is CCn1c(CCC(=O)Cc2ccc(CC(=O)c3ccco3)cc2)nnc1C1=CC=CC1. The van der Waals surface area contributed by atoms with Crippen LogP contribution in [-0.4, -0.2) is 26.3 Å². The van der Waals surface area contributed by atoms with Gasteiger partial charge in [-0.25, -0.2) is 0 Å². The monoisotopic (exact) mass is 415 g/mol. The van der Waals surface area contributed by atoms with Crippen molar-refractivity contribution in [1.82, 2.24) is 14.8 Å². The van der Waals surface area contributed by atoms with Gasteiger partial charge in [-0.1, -0.05) is 42.5 Å². The maximum absolute atomic E-state index is 12.5. The van der Waals surface area contributed by atoms with Crippen molar-refractivity contribution in [3.05, 3.63) is 89.4 Å². The topological polar surface area (TPSA) is 78.0 Å². The highest BCUT2D eigenvalue weighted by Crippen LogP contribution is 2.22. The highest BCUT2D eigenvalue weighted by molar-refractivity contribution is 5.94. The van der Waals surface area contributed by atoms with Crippen molar-refractivity contribution in [2.24, 2.45) is 0 Å². The zero-order valence-electron chi connectivity index (χ0n) is 17.6. The van der Waals surface area contributed by atoms with Gasteiger partial charge in [-0.2, -0.15) is 0 Å². The lowest BCUT2D eigenvalue weighted by Crippen LogP contribution is -2.10. The van der Waals surface area contributed by atoms with E-state index in [0.717, 1.165) is 41.3 Å². The Morgan fingerprint density at radius 3 is 2.48 bits per heavy atom. The summed E-state index contributed by atoms with van der Waals surface area (Å²) in [7, 11) is 0. The van der Waals surface area contributed by atoms with E-state index in [1.165, 1.54) is 6.26 Å². The lowest BCUT2D eigenvalue weighted by molar-refractivity contribution is -0.118. The van der Waals surface area contributed by atoms with Gasteiger partial charge in [0.05, 0.1) is 6.26 Å². The first-order valence-corrected chi connectivity index (χ1v) is 10.6. The third-order valence-corrected chi connectivity index (χ3v) is 5.41. The fourth-order valence-corrected chi connectivity index (χ4v) is 3.76. The number of aryl methyl sites for hydroxylation is 1. The van der Waals surface area contributed by atoms with Crippen molar-refractivity contribution in [1.29, 1.82) is 0 Å². The van der Waals surface area contributed by atoms with E-state index in [4.69, 9.17) is 4.42 Å². The Hall–Kier alpha value is -3.54. The Balaban J connectivity index is 1.30. The van der Waals surface area contributed by atoms with Crippen LogP contribution in [0.25, 0.3) is 5.57 Å². The summed E-state index contributed by atoms with van der Waals surface area (Å²) in [6, 6.07) is 11.0. The van der Waals surface area contributed by atoms with Crippen LogP contribution < -0.4 is 0 Å². The second-order valence-electron chi connectivity index (χ2n) is 7.62. The molecule has 1 aromatic carbocycles. The predicted molar refractivity (Wildman–Crippen MR) is 118 cm³/mol. The molecule has 0 saturated heterocycles. The first-order valence-electron chi connectivity index (χ1n) is 10.6. The van der Waals surface area contributed by atoms with E-state index in [-0.39, 0.29) is 18.0 Å². The average Bonchev–Trinajstić information content (AvgIpc) is 3.54. The van der Waals surface area contributed by atoms with Crippen LogP contribution in [0.5, 0.6) is 0 Å². The summed E-state index contributed by atoms with van der Waals surface area (Å²) in [5.41, 5.74) is 3.01. The molecule has 0 amide bonds. The van der Waals surface area contributed by atoms with Crippen LogP contribution in [0.1, 0.15) is 53.1 Å². The molecule has 0 aliphatic heterocycles. The van der Waals surface area contributed by atoms with E-state index in [1.807, 2.05) is 30.3 Å². The van der Waals surface area contributed by atoms with Crippen molar-refractivity contribution in [2.45, 2.75) is 45.6 Å². The average molecular weight is 415 g/mol. The summed E-state index contributed by atoms with van der Waals surface area (Å²) in [6.07, 6.45) is 10.2. The molecule has 0 atom stereocenters. The molecule has 0 radical (unpaired) electrons. The van der Waals surface area contributed by atoms with E-state index >= 15 is 0 Å². The van der Waals surface area contributed by atoms with Gasteiger partial charge in [-0.3, -0.25) is 9.59 Å². The molecule has 0 N–H and O–H groups in total. The summed E-state index contributed by atoms with van der Waals surface area (Å²) in [5.74, 6) is 2.22. The van der Waals surface area contributed by atoms with Gasteiger partial charge in [0, 0.05) is 37.8 Å². The maximum Gasteiger partial charge on any atom is 0.202 e. The number of aromatic nitrogens is 3. The maximum atomic E-state index is 12.5. The molecule has 4 rings (SSSR count). The number of benzene rings is 1. The molecule has 6 heteroatoms. The number of Topliss-reactive ketones (excluding diaryl/α,β-unsaturated/α-hetero) is 2. The summed E-state index contributed by atoms with van der Waals surface area (Å²) in [6.45, 7) is 2.85. The molecule has 6 nitrogen and oxygen atoms in total. The summed E-state index contributed by atoms with van der Waals surface area (Å²) < 4.78 is 7.24. The predicted octanol–water partition coefficient (Wildman–Crippen LogP) is 4.40. The van der Waals surface area contributed by atoms with Gasteiger partial charge >= 0.3 is 0 Å². The van der Waals surface area contributed by atoms with Crippen molar-refractivity contribution in [2.75, 3.05) is 0 Å². The van der Waals surface area contributed by atoms with E-state index in [9.17, 15) is 9.59 Å². The van der Waals surface area contributed by atoms with Gasteiger partial charge in [0.15, 0.2) is 11.6 Å². The molecule has 0 unspecified atom stereocenters. The number of carbonyl (C=O) groups is 2. The third-order valence-electron chi connectivity index (χ3n) is 5.41. The van der Waals surface area contributed by atoms with E-state index in [1.54, 1.807) is 12.1 Å². The van der Waals surface area contributed by atoms with Crippen LogP contribution in [0.15, 0.2) is 65.3 Å². The molecule has 0 saturated carbocycles. The van der Waals surface area contributed by atoms with Gasteiger partial charge in [-0.15, -0.1) is 10.2 Å². The Morgan fingerprint density at radius 1 is 1.06 bits per heavy atom. The highest BCUT2D eigenvalue weighted by Gasteiger charge is 2.16. The second-order valence-corrected chi connectivity index (χ2v) is 7.62. The summed E-state index contributed by atoms with van der Waals surface area (Å²) in [5, 5.41) is 8.67. The molecule has 3 aromatic rings. The smallest absolute Gasteiger partial charge is 0.202 e. The van der Waals surface area contributed by atoms with Crippen LogP contribution in [0.3, 0.4) is 0 Å². The normalized spacial score (nSPS) is 12.9. The molecule has 0 fully saturated rings. The number of hydrogen-bond acceptors (Lipinski definition) is 5. The molecule has 2 aromatic heterocycles. The Labute approximate surface area is 181 Å². The van der Waals surface area contributed by atoms with Crippen LogP contribution in [0, 0.1) is 0 Å². The van der Waals surface area contributed by atoms with Crippen molar-refractivity contribution < 1.29 is 14.0 Å². The summed E-state index contributed by atoms with van der Waals surface area (Å²) >= 11 is 0. The number of hydrogen-bond donors (Lipinski definition) is 0. The third kappa shape index (κ3) is 4.97. The Bertz CT molecular complexity index is 1120. The fourth-order valence-electron chi connectivity index (χ4n) is 3.76. The van der Waals surface area contributed by atoms with Crippen molar-refractivity contribution >= 4 is 17.1 Å². The Morgan fingerprint density at radius 2 is 1.84 bits per heavy atom. The number of carbonyl (C=O) groups excluding carboxylic acids is 2. The Kier molecular flexibility index (Phi) is 6.36. The van der Waals surface area contributed by atoms with Gasteiger partial charge in [0.25, 0.3) is 0 Å². The quantitative estimate of drug-likeness (QED) is 0.459. The molecule has 2 heterocycles. The number of furan rings is 1. The lowest BCUT2D eigenvalue weighted by Gasteiger charge is -2.08. The second kappa shape index (κ2) is 9.51. The largest absolute Gasteiger partial charge is 0.461 e. The van der Waals surface area contributed by atoms with E-state index in [0.29, 0.717) is 25.0 Å². The standard InChI is InChI=1S/C25H25N3O3/c1-2-28-24(26-27-25(28)20-6-3-4-7-20)14-13-21(29)16-18-9-11-19(12-10-18)17-22(30)23-8-5-15-31-23/h3-6,8-12,15H,2,7,13-14,16-17H2,1H3. The number of allylic oxidation sites excluding steroid dienone is 4. The van der Waals surface area contributed by atoms with Crippen molar-refractivity contribution in [3.63, 3.8) is 0 Å². The highest BCUT2D eigenvalue weighted by atomic mass is 16.3. The minimum atomic E-state index is -0.0580. The number of nitrogens with zero attached hydrogens (tertiary/aromatic N) is 3. The fraction of sp³-hybridized carbons (Fsp3) is 0.280.